The molecule has 144 valence electrons. The van der Waals surface area contributed by atoms with Gasteiger partial charge in [0.05, 0.1) is 0 Å². The maximum atomic E-state index is 11.6. The highest BCUT2D eigenvalue weighted by molar-refractivity contribution is 9.10. The van der Waals surface area contributed by atoms with E-state index in [0.29, 0.717) is 12.3 Å². The lowest BCUT2D eigenvalue weighted by atomic mass is 9.84. The molecule has 6 heteroatoms. The van der Waals surface area contributed by atoms with E-state index in [9.17, 15) is 4.79 Å². The van der Waals surface area contributed by atoms with E-state index in [0.717, 1.165) is 42.9 Å². The van der Waals surface area contributed by atoms with Crippen LogP contribution in [0.25, 0.3) is 0 Å². The predicted octanol–water partition coefficient (Wildman–Crippen LogP) is 3.15. The molecule has 0 aromatic heterocycles. The van der Waals surface area contributed by atoms with E-state index in [1.165, 1.54) is 5.56 Å². The molecule has 0 spiro atoms. The highest BCUT2D eigenvalue weighted by Crippen LogP contribution is 2.25. The molecule has 1 fully saturated rings. The van der Waals surface area contributed by atoms with Gasteiger partial charge in [-0.25, -0.2) is 0 Å². The zero-order valence-electron chi connectivity index (χ0n) is 16.3. The van der Waals surface area contributed by atoms with E-state index in [-0.39, 0.29) is 11.3 Å². The summed E-state index contributed by atoms with van der Waals surface area (Å²) >= 11 is 3.50. The maximum Gasteiger partial charge on any atom is 0.220 e. The van der Waals surface area contributed by atoms with Crippen molar-refractivity contribution in [2.45, 2.75) is 38.5 Å². The third-order valence-electron chi connectivity index (χ3n) is 5.19. The molecule has 1 saturated heterocycles. The van der Waals surface area contributed by atoms with Gasteiger partial charge in [0.2, 0.25) is 5.91 Å². The van der Waals surface area contributed by atoms with Crippen LogP contribution in [0.15, 0.2) is 33.7 Å². The number of rotatable bonds is 5. The molecular formula is C20H31BrN4O. The molecule has 0 saturated carbocycles. The van der Waals surface area contributed by atoms with Gasteiger partial charge in [0, 0.05) is 50.0 Å². The number of hydrogen-bond donors (Lipinski definition) is 2. The first-order chi connectivity index (χ1) is 12.4. The van der Waals surface area contributed by atoms with Crippen LogP contribution in [-0.2, 0) is 10.2 Å². The zero-order chi connectivity index (χ0) is 19.2. The van der Waals surface area contributed by atoms with Crippen LogP contribution in [0.3, 0.4) is 0 Å². The molecule has 0 bridgehead atoms. The molecule has 1 aromatic rings. The lowest BCUT2D eigenvalue weighted by Gasteiger charge is -2.35. The average Bonchev–Trinajstić information content (AvgIpc) is 2.63. The zero-order valence-corrected chi connectivity index (χ0v) is 17.9. The molecule has 1 aromatic carbocycles. The van der Waals surface area contributed by atoms with Gasteiger partial charge in [-0.2, -0.15) is 0 Å². The number of likely N-dealkylation sites (tertiary alicyclic amines) is 1. The number of amides is 1. The molecule has 26 heavy (non-hydrogen) atoms. The second-order valence-corrected chi connectivity index (χ2v) is 8.51. The number of carbonyl (C=O) groups excluding carboxylic acids is 1. The summed E-state index contributed by atoms with van der Waals surface area (Å²) in [6.45, 7) is 7.19. The summed E-state index contributed by atoms with van der Waals surface area (Å²) in [4.78, 5) is 18.3. The Hall–Kier alpha value is -1.56. The largest absolute Gasteiger partial charge is 0.359 e. The lowest BCUT2D eigenvalue weighted by Crippen LogP contribution is -2.48. The first-order valence-electron chi connectivity index (χ1n) is 9.28. The van der Waals surface area contributed by atoms with Gasteiger partial charge in [-0.3, -0.25) is 9.79 Å². The Morgan fingerprint density at radius 1 is 1.27 bits per heavy atom. The molecule has 1 amide bonds. The average molecular weight is 423 g/mol. The fourth-order valence-corrected chi connectivity index (χ4v) is 3.61. The first-order valence-corrected chi connectivity index (χ1v) is 10.1. The Morgan fingerprint density at radius 2 is 1.88 bits per heavy atom. The second kappa shape index (κ2) is 9.40. The number of carbonyl (C=O) groups is 1. The Bertz CT molecular complexity index is 619. The van der Waals surface area contributed by atoms with Gasteiger partial charge >= 0.3 is 0 Å². The summed E-state index contributed by atoms with van der Waals surface area (Å²) in [5.74, 6) is 1.57. The van der Waals surface area contributed by atoms with Crippen LogP contribution in [0.5, 0.6) is 0 Å². The minimum Gasteiger partial charge on any atom is -0.359 e. The third-order valence-corrected chi connectivity index (χ3v) is 5.72. The SMILES string of the molecule is CN=C(NCC(C)(C)c1ccc(Br)cc1)N1CCC(CC(=O)NC)CC1. The fourth-order valence-electron chi connectivity index (χ4n) is 3.35. The highest BCUT2D eigenvalue weighted by Gasteiger charge is 2.25. The van der Waals surface area contributed by atoms with Gasteiger partial charge < -0.3 is 15.5 Å². The number of benzene rings is 1. The van der Waals surface area contributed by atoms with Crippen molar-refractivity contribution in [1.82, 2.24) is 15.5 Å². The number of hydrogen-bond acceptors (Lipinski definition) is 2. The van der Waals surface area contributed by atoms with Crippen molar-refractivity contribution in [2.75, 3.05) is 33.7 Å². The van der Waals surface area contributed by atoms with E-state index in [4.69, 9.17) is 0 Å². The molecule has 0 unspecified atom stereocenters. The van der Waals surface area contributed by atoms with Gasteiger partial charge in [-0.1, -0.05) is 41.9 Å². The quantitative estimate of drug-likeness (QED) is 0.565. The van der Waals surface area contributed by atoms with Crippen molar-refractivity contribution >= 4 is 27.8 Å². The van der Waals surface area contributed by atoms with E-state index in [1.54, 1.807) is 7.05 Å². The minimum absolute atomic E-state index is 0.00811. The summed E-state index contributed by atoms with van der Waals surface area (Å²) in [6, 6.07) is 8.50. The summed E-state index contributed by atoms with van der Waals surface area (Å²) < 4.78 is 1.10. The number of aliphatic imine (C=N–C) groups is 1. The van der Waals surface area contributed by atoms with Gasteiger partial charge in [0.1, 0.15) is 0 Å². The Morgan fingerprint density at radius 3 is 2.42 bits per heavy atom. The fraction of sp³-hybridized carbons (Fsp3) is 0.600. The van der Waals surface area contributed by atoms with Gasteiger partial charge in [-0.05, 0) is 36.5 Å². The van der Waals surface area contributed by atoms with E-state index in [1.807, 2.05) is 7.05 Å². The molecule has 2 N–H and O–H groups in total. The lowest BCUT2D eigenvalue weighted by molar-refractivity contribution is -0.121. The van der Waals surface area contributed by atoms with Crippen molar-refractivity contribution in [2.24, 2.45) is 10.9 Å². The molecule has 0 aliphatic carbocycles. The normalized spacial score (nSPS) is 16.5. The van der Waals surface area contributed by atoms with Crippen molar-refractivity contribution in [3.63, 3.8) is 0 Å². The predicted molar refractivity (Wildman–Crippen MR) is 112 cm³/mol. The van der Waals surface area contributed by atoms with E-state index < -0.39 is 0 Å². The third kappa shape index (κ3) is 5.73. The van der Waals surface area contributed by atoms with Crippen molar-refractivity contribution in [3.8, 4) is 0 Å². The molecule has 0 radical (unpaired) electrons. The van der Waals surface area contributed by atoms with Crippen LogP contribution in [0, 0.1) is 5.92 Å². The molecular weight excluding hydrogens is 392 g/mol. The standard InChI is InChI=1S/C20H31BrN4O/c1-20(2,16-5-7-17(21)8-6-16)14-24-19(23-4)25-11-9-15(10-12-25)13-18(26)22-3/h5-8,15H,9-14H2,1-4H3,(H,22,26)(H,23,24). The second-order valence-electron chi connectivity index (χ2n) is 7.60. The van der Waals surface area contributed by atoms with Crippen LogP contribution < -0.4 is 10.6 Å². The van der Waals surface area contributed by atoms with Gasteiger partial charge in [0.15, 0.2) is 5.96 Å². The van der Waals surface area contributed by atoms with Crippen LogP contribution in [0.1, 0.15) is 38.7 Å². The number of nitrogens with one attached hydrogen (secondary N) is 2. The topological polar surface area (TPSA) is 56.7 Å². The highest BCUT2D eigenvalue weighted by atomic mass is 79.9. The summed E-state index contributed by atoms with van der Waals surface area (Å²) in [7, 11) is 3.54. The van der Waals surface area contributed by atoms with Gasteiger partial charge in [0.25, 0.3) is 0 Å². The van der Waals surface area contributed by atoms with Crippen LogP contribution >= 0.6 is 15.9 Å². The summed E-state index contributed by atoms with van der Waals surface area (Å²) in [5, 5.41) is 6.27. The maximum absolute atomic E-state index is 11.6. The summed E-state index contributed by atoms with van der Waals surface area (Å²) in [5.41, 5.74) is 1.31. The molecule has 2 rings (SSSR count). The molecule has 1 heterocycles. The van der Waals surface area contributed by atoms with E-state index >= 15 is 0 Å². The van der Waals surface area contributed by atoms with Crippen LogP contribution in [0.4, 0.5) is 0 Å². The van der Waals surface area contributed by atoms with Gasteiger partial charge in [-0.15, -0.1) is 0 Å². The van der Waals surface area contributed by atoms with E-state index in [2.05, 4.69) is 74.6 Å². The molecule has 5 nitrogen and oxygen atoms in total. The van der Waals surface area contributed by atoms with Crippen molar-refractivity contribution in [3.05, 3.63) is 34.3 Å². The number of piperidine rings is 1. The van der Waals surface area contributed by atoms with Crippen LogP contribution in [0.2, 0.25) is 0 Å². The van der Waals surface area contributed by atoms with Crippen molar-refractivity contribution in [1.29, 1.82) is 0 Å². The monoisotopic (exact) mass is 422 g/mol. The Kier molecular flexibility index (Phi) is 7.50. The molecule has 1 aliphatic rings. The summed E-state index contributed by atoms with van der Waals surface area (Å²) in [6.07, 6.45) is 2.70. The first kappa shape index (κ1) is 20.7. The van der Waals surface area contributed by atoms with Crippen LogP contribution in [-0.4, -0.2) is 50.5 Å². The molecule has 0 atom stereocenters. The number of halogens is 1. The smallest absolute Gasteiger partial charge is 0.220 e. The minimum atomic E-state index is 0.00811. The molecule has 1 aliphatic heterocycles. The Balaban J connectivity index is 1.88. The number of guanidine groups is 1. The van der Waals surface area contributed by atoms with Crippen molar-refractivity contribution < 1.29 is 4.79 Å². The Labute approximate surface area is 165 Å². The number of nitrogens with zero attached hydrogens (tertiary/aromatic N) is 2.